The molecule has 19 heavy (non-hydrogen) atoms. The van der Waals surface area contributed by atoms with Crippen molar-refractivity contribution in [1.29, 1.82) is 0 Å². The summed E-state index contributed by atoms with van der Waals surface area (Å²) < 4.78 is 22.7. The van der Waals surface area contributed by atoms with Crippen molar-refractivity contribution in [3.05, 3.63) is 48.3 Å². The van der Waals surface area contributed by atoms with Crippen LogP contribution in [-0.2, 0) is 16.4 Å². The van der Waals surface area contributed by atoms with E-state index in [0.29, 0.717) is 11.4 Å². The van der Waals surface area contributed by atoms with E-state index in [2.05, 4.69) is 4.98 Å². The molecule has 1 heterocycles. The van der Waals surface area contributed by atoms with Crippen LogP contribution in [0, 0.1) is 0 Å². The molecule has 0 spiro atoms. The van der Waals surface area contributed by atoms with Gasteiger partial charge >= 0.3 is 0 Å². The summed E-state index contributed by atoms with van der Waals surface area (Å²) in [6.45, 7) is 0.380. The van der Waals surface area contributed by atoms with Gasteiger partial charge in [0.1, 0.15) is 0 Å². The Labute approximate surface area is 117 Å². The first-order valence-corrected chi connectivity index (χ1v) is 8.33. The highest BCUT2D eigenvalue weighted by Gasteiger charge is 2.08. The van der Waals surface area contributed by atoms with E-state index < -0.39 is 9.84 Å². The highest BCUT2D eigenvalue weighted by Crippen LogP contribution is 2.29. The third-order valence-corrected chi connectivity index (χ3v) is 4.75. The number of nitrogens with zero attached hydrogens (tertiary/aromatic N) is 1. The van der Waals surface area contributed by atoms with Gasteiger partial charge in [0.15, 0.2) is 9.84 Å². The highest BCUT2D eigenvalue weighted by atomic mass is 32.2. The molecule has 0 unspecified atom stereocenters. The number of benzene rings is 1. The lowest BCUT2D eigenvalue weighted by Gasteiger charge is -2.06. The van der Waals surface area contributed by atoms with E-state index in [1.54, 1.807) is 30.5 Å². The second kappa shape index (κ2) is 5.73. The Morgan fingerprint density at radius 2 is 1.89 bits per heavy atom. The average Bonchev–Trinajstić information content (AvgIpc) is 2.39. The molecule has 1 aromatic heterocycles. The molecule has 2 aromatic rings. The smallest absolute Gasteiger partial charge is 0.175 e. The zero-order chi connectivity index (χ0) is 13.9. The Bertz CT molecular complexity index is 667. The Kier molecular flexibility index (Phi) is 4.24. The summed E-state index contributed by atoms with van der Waals surface area (Å²) in [6, 6.07) is 10.6. The number of rotatable bonds is 4. The van der Waals surface area contributed by atoms with Crippen LogP contribution in [-0.4, -0.2) is 19.7 Å². The molecule has 0 saturated carbocycles. The van der Waals surface area contributed by atoms with Gasteiger partial charge in [-0.25, -0.2) is 8.42 Å². The fourth-order valence-electron chi connectivity index (χ4n) is 1.55. The number of hydrogen-bond acceptors (Lipinski definition) is 5. The minimum Gasteiger partial charge on any atom is -0.325 e. The van der Waals surface area contributed by atoms with Crippen LogP contribution in [0.15, 0.2) is 57.3 Å². The van der Waals surface area contributed by atoms with E-state index in [1.165, 1.54) is 18.0 Å². The van der Waals surface area contributed by atoms with Gasteiger partial charge in [-0.2, -0.15) is 0 Å². The van der Waals surface area contributed by atoms with Crippen molar-refractivity contribution < 1.29 is 8.42 Å². The van der Waals surface area contributed by atoms with Crippen LogP contribution in [0.4, 0.5) is 0 Å². The third kappa shape index (κ3) is 3.56. The summed E-state index contributed by atoms with van der Waals surface area (Å²) >= 11 is 1.52. The van der Waals surface area contributed by atoms with Gasteiger partial charge in [0.2, 0.25) is 0 Å². The van der Waals surface area contributed by atoms with Gasteiger partial charge in [-0.3, -0.25) is 4.98 Å². The summed E-state index contributed by atoms with van der Waals surface area (Å²) in [5.41, 5.74) is 6.46. The summed E-state index contributed by atoms with van der Waals surface area (Å²) in [6.07, 6.45) is 2.90. The highest BCUT2D eigenvalue weighted by molar-refractivity contribution is 7.99. The molecular formula is C13H14N2O2S2. The van der Waals surface area contributed by atoms with Gasteiger partial charge in [0, 0.05) is 28.8 Å². The van der Waals surface area contributed by atoms with Crippen LogP contribution < -0.4 is 5.73 Å². The molecule has 0 radical (unpaired) electrons. The molecule has 0 saturated heterocycles. The topological polar surface area (TPSA) is 73.0 Å². The normalized spacial score (nSPS) is 11.5. The molecular weight excluding hydrogens is 280 g/mol. The summed E-state index contributed by atoms with van der Waals surface area (Å²) in [5.74, 6) is 0. The summed E-state index contributed by atoms with van der Waals surface area (Å²) in [5, 5.41) is 0. The van der Waals surface area contributed by atoms with Crippen LogP contribution >= 0.6 is 11.8 Å². The van der Waals surface area contributed by atoms with Gasteiger partial charge in [0.05, 0.1) is 10.6 Å². The average molecular weight is 294 g/mol. The first-order valence-electron chi connectivity index (χ1n) is 5.62. The Morgan fingerprint density at radius 1 is 1.21 bits per heavy atom. The molecule has 0 fully saturated rings. The maximum Gasteiger partial charge on any atom is 0.175 e. The van der Waals surface area contributed by atoms with Crippen molar-refractivity contribution in [2.24, 2.45) is 5.73 Å². The lowest BCUT2D eigenvalue weighted by molar-refractivity contribution is 0.602. The molecule has 6 heteroatoms. The third-order valence-electron chi connectivity index (χ3n) is 2.52. The molecule has 2 N–H and O–H groups in total. The number of sulfone groups is 1. The van der Waals surface area contributed by atoms with Crippen LogP contribution in [0.25, 0.3) is 0 Å². The maximum absolute atomic E-state index is 11.4. The number of pyridine rings is 1. The molecule has 100 valence electrons. The van der Waals surface area contributed by atoms with Crippen LogP contribution in [0.5, 0.6) is 0 Å². The predicted octanol–water partition coefficient (Wildman–Crippen LogP) is 2.10. The second-order valence-electron chi connectivity index (χ2n) is 4.00. The standard InChI is InChI=1S/C13H14N2O2S2/c1-19(16,17)11-6-4-10(5-7-11)18-13-3-2-8-15-12(13)9-14/h2-8H,9,14H2,1H3. The molecule has 2 rings (SSSR count). The molecule has 0 aliphatic heterocycles. The lowest BCUT2D eigenvalue weighted by atomic mass is 10.3. The maximum atomic E-state index is 11.4. The van der Waals surface area contributed by atoms with Gasteiger partial charge in [-0.15, -0.1) is 0 Å². The minimum absolute atomic E-state index is 0.321. The van der Waals surface area contributed by atoms with E-state index in [-0.39, 0.29) is 0 Å². The van der Waals surface area contributed by atoms with Crippen molar-refractivity contribution in [3.8, 4) is 0 Å². The van der Waals surface area contributed by atoms with Crippen LogP contribution in [0.1, 0.15) is 5.69 Å². The van der Waals surface area contributed by atoms with Crippen LogP contribution in [0.3, 0.4) is 0 Å². The van der Waals surface area contributed by atoms with Crippen molar-refractivity contribution in [1.82, 2.24) is 4.98 Å². The number of hydrogen-bond donors (Lipinski definition) is 1. The SMILES string of the molecule is CS(=O)(=O)c1ccc(Sc2cccnc2CN)cc1. The van der Waals surface area contributed by atoms with Gasteiger partial charge < -0.3 is 5.73 Å². The number of aromatic nitrogens is 1. The van der Waals surface area contributed by atoms with E-state index in [0.717, 1.165) is 15.5 Å². The molecule has 1 aromatic carbocycles. The fraction of sp³-hybridized carbons (Fsp3) is 0.154. The monoisotopic (exact) mass is 294 g/mol. The van der Waals surface area contributed by atoms with Crippen molar-refractivity contribution >= 4 is 21.6 Å². The van der Waals surface area contributed by atoms with Crippen molar-refractivity contribution in [2.75, 3.05) is 6.26 Å². The zero-order valence-electron chi connectivity index (χ0n) is 10.4. The van der Waals surface area contributed by atoms with Crippen LogP contribution in [0.2, 0.25) is 0 Å². The van der Waals surface area contributed by atoms with Gasteiger partial charge in [0.25, 0.3) is 0 Å². The van der Waals surface area contributed by atoms with E-state index in [4.69, 9.17) is 5.73 Å². The van der Waals surface area contributed by atoms with E-state index >= 15 is 0 Å². The second-order valence-corrected chi connectivity index (χ2v) is 7.13. The quantitative estimate of drug-likeness (QED) is 0.934. The predicted molar refractivity (Wildman–Crippen MR) is 75.8 cm³/mol. The lowest BCUT2D eigenvalue weighted by Crippen LogP contribution is -2.00. The molecule has 0 bridgehead atoms. The van der Waals surface area contributed by atoms with Gasteiger partial charge in [-0.05, 0) is 36.4 Å². The van der Waals surface area contributed by atoms with E-state index in [9.17, 15) is 8.42 Å². The summed E-state index contributed by atoms with van der Waals surface area (Å²) in [4.78, 5) is 6.47. The Morgan fingerprint density at radius 3 is 2.47 bits per heavy atom. The molecule has 4 nitrogen and oxygen atoms in total. The van der Waals surface area contributed by atoms with Gasteiger partial charge in [-0.1, -0.05) is 11.8 Å². The molecule has 0 aliphatic carbocycles. The first-order chi connectivity index (χ1) is 9.00. The molecule has 0 amide bonds. The number of nitrogens with two attached hydrogens (primary N) is 1. The molecule has 0 aliphatic rings. The van der Waals surface area contributed by atoms with Crippen molar-refractivity contribution in [2.45, 2.75) is 21.2 Å². The summed E-state index contributed by atoms with van der Waals surface area (Å²) in [7, 11) is -3.15. The largest absolute Gasteiger partial charge is 0.325 e. The Balaban J connectivity index is 2.25. The zero-order valence-corrected chi connectivity index (χ0v) is 12.0. The fourth-order valence-corrected chi connectivity index (χ4v) is 3.11. The van der Waals surface area contributed by atoms with E-state index in [1.807, 2.05) is 12.1 Å². The first kappa shape index (κ1) is 14.0. The Hall–Kier alpha value is -1.37. The molecule has 0 atom stereocenters. The minimum atomic E-state index is -3.15. The van der Waals surface area contributed by atoms with Crippen molar-refractivity contribution in [3.63, 3.8) is 0 Å².